The predicted molar refractivity (Wildman–Crippen MR) is 58.2 cm³/mol. The maximum absolute atomic E-state index is 10.8. The van der Waals surface area contributed by atoms with Gasteiger partial charge in [-0.05, 0) is 18.9 Å². The Morgan fingerprint density at radius 1 is 1.56 bits per heavy atom. The predicted octanol–water partition coefficient (Wildman–Crippen LogP) is 1.30. The van der Waals surface area contributed by atoms with E-state index in [4.69, 9.17) is 5.11 Å². The van der Waals surface area contributed by atoms with Crippen LogP contribution in [0.5, 0.6) is 0 Å². The fraction of sp³-hybridized carbons (Fsp3) is 0.364. The molecule has 5 heteroatoms. The van der Waals surface area contributed by atoms with Gasteiger partial charge in [0.1, 0.15) is 0 Å². The van der Waals surface area contributed by atoms with E-state index in [0.717, 1.165) is 16.8 Å². The molecule has 2 aromatic rings. The van der Waals surface area contributed by atoms with Crippen molar-refractivity contribution in [1.29, 1.82) is 0 Å². The van der Waals surface area contributed by atoms with Crippen LogP contribution in [-0.2, 0) is 11.2 Å². The van der Waals surface area contributed by atoms with Crippen LogP contribution in [0.25, 0.3) is 5.65 Å². The first-order chi connectivity index (χ1) is 7.58. The van der Waals surface area contributed by atoms with E-state index in [9.17, 15) is 4.79 Å². The van der Waals surface area contributed by atoms with Gasteiger partial charge in [-0.2, -0.15) is 5.10 Å². The van der Waals surface area contributed by atoms with Crippen molar-refractivity contribution in [2.75, 3.05) is 0 Å². The van der Waals surface area contributed by atoms with Crippen LogP contribution in [0.1, 0.15) is 18.1 Å². The van der Waals surface area contributed by atoms with Crippen LogP contribution in [0.3, 0.4) is 0 Å². The first-order valence-electron chi connectivity index (χ1n) is 5.09. The minimum absolute atomic E-state index is 0.420. The number of carboxylic acid groups (broad SMARTS) is 1. The number of aryl methyl sites for hydroxylation is 1. The highest BCUT2D eigenvalue weighted by Crippen LogP contribution is 2.13. The van der Waals surface area contributed by atoms with Gasteiger partial charge in [-0.1, -0.05) is 6.92 Å². The molecule has 0 fully saturated rings. The Bertz CT molecular complexity index is 533. The minimum Gasteiger partial charge on any atom is -0.481 e. The normalized spacial score (nSPS) is 12.9. The lowest BCUT2D eigenvalue weighted by Crippen LogP contribution is -2.12. The molecule has 2 rings (SSSR count). The topological polar surface area (TPSA) is 67.5 Å². The number of carbonyl (C=O) groups is 1. The fourth-order valence-corrected chi connectivity index (χ4v) is 1.58. The fourth-order valence-electron chi connectivity index (χ4n) is 1.58. The monoisotopic (exact) mass is 219 g/mol. The lowest BCUT2D eigenvalue weighted by atomic mass is 10.0. The zero-order chi connectivity index (χ0) is 11.7. The van der Waals surface area contributed by atoms with Crippen molar-refractivity contribution in [1.82, 2.24) is 14.6 Å². The van der Waals surface area contributed by atoms with E-state index in [1.165, 1.54) is 0 Å². The molecule has 84 valence electrons. The van der Waals surface area contributed by atoms with Gasteiger partial charge in [-0.25, -0.2) is 9.50 Å². The Balaban J connectivity index is 2.35. The molecule has 0 aliphatic rings. The number of nitrogens with zero attached hydrogens (tertiary/aromatic N) is 3. The molecule has 1 atom stereocenters. The van der Waals surface area contributed by atoms with Gasteiger partial charge in [0.05, 0.1) is 12.1 Å². The summed E-state index contributed by atoms with van der Waals surface area (Å²) in [5, 5.41) is 13.0. The molecule has 0 amide bonds. The van der Waals surface area contributed by atoms with Gasteiger partial charge in [-0.15, -0.1) is 0 Å². The molecular formula is C11H13N3O2. The summed E-state index contributed by atoms with van der Waals surface area (Å²) in [6.45, 7) is 3.62. The first kappa shape index (κ1) is 10.6. The van der Waals surface area contributed by atoms with Gasteiger partial charge < -0.3 is 5.11 Å². The number of hydrogen-bond donors (Lipinski definition) is 1. The second-order valence-corrected chi connectivity index (χ2v) is 4.01. The Labute approximate surface area is 92.7 Å². The highest BCUT2D eigenvalue weighted by molar-refractivity contribution is 5.70. The molecule has 0 aliphatic carbocycles. The standard InChI is InChI=1S/C11H13N3O2/c1-7-4-12-10-9(3-8(2)11(15)16)5-13-14(10)6-7/h4-6,8H,3H2,1-2H3,(H,15,16). The zero-order valence-electron chi connectivity index (χ0n) is 9.21. The molecule has 0 aromatic carbocycles. The number of aromatic nitrogens is 3. The van der Waals surface area contributed by atoms with Crippen molar-refractivity contribution in [2.45, 2.75) is 20.3 Å². The number of carboxylic acids is 1. The summed E-state index contributed by atoms with van der Waals surface area (Å²) in [6.07, 6.45) is 5.76. The number of hydrogen-bond acceptors (Lipinski definition) is 3. The van der Waals surface area contributed by atoms with Gasteiger partial charge in [0.2, 0.25) is 0 Å². The van der Waals surface area contributed by atoms with E-state index in [1.54, 1.807) is 23.8 Å². The van der Waals surface area contributed by atoms with Crippen LogP contribution in [-0.4, -0.2) is 25.7 Å². The van der Waals surface area contributed by atoms with E-state index in [1.807, 2.05) is 13.1 Å². The van der Waals surface area contributed by atoms with Crippen molar-refractivity contribution in [2.24, 2.45) is 5.92 Å². The van der Waals surface area contributed by atoms with Gasteiger partial charge >= 0.3 is 5.97 Å². The van der Waals surface area contributed by atoms with Gasteiger partial charge in [0, 0.05) is 18.0 Å². The second-order valence-electron chi connectivity index (χ2n) is 4.01. The van der Waals surface area contributed by atoms with Crippen LogP contribution >= 0.6 is 0 Å². The van der Waals surface area contributed by atoms with Crippen LogP contribution in [0.2, 0.25) is 0 Å². The van der Waals surface area contributed by atoms with Crippen molar-refractivity contribution in [3.05, 3.63) is 29.7 Å². The Morgan fingerprint density at radius 2 is 2.31 bits per heavy atom. The molecule has 2 aromatic heterocycles. The molecule has 1 unspecified atom stereocenters. The molecule has 0 saturated heterocycles. The molecule has 0 bridgehead atoms. The van der Waals surface area contributed by atoms with Crippen molar-refractivity contribution >= 4 is 11.6 Å². The summed E-state index contributed by atoms with van der Waals surface area (Å²) in [7, 11) is 0. The van der Waals surface area contributed by atoms with Gasteiger partial charge in [-0.3, -0.25) is 4.79 Å². The Hall–Kier alpha value is -1.91. The van der Waals surface area contributed by atoms with E-state index in [0.29, 0.717) is 6.42 Å². The van der Waals surface area contributed by atoms with Crippen LogP contribution in [0.15, 0.2) is 18.6 Å². The van der Waals surface area contributed by atoms with Crippen molar-refractivity contribution in [3.63, 3.8) is 0 Å². The average molecular weight is 219 g/mol. The highest BCUT2D eigenvalue weighted by atomic mass is 16.4. The molecule has 0 aliphatic heterocycles. The van der Waals surface area contributed by atoms with Crippen molar-refractivity contribution in [3.8, 4) is 0 Å². The summed E-state index contributed by atoms with van der Waals surface area (Å²) in [5.74, 6) is -1.22. The SMILES string of the molecule is Cc1cnc2c(CC(C)C(=O)O)cnn2c1. The molecular weight excluding hydrogens is 206 g/mol. The number of rotatable bonds is 3. The first-order valence-corrected chi connectivity index (χ1v) is 5.09. The molecule has 0 saturated carbocycles. The minimum atomic E-state index is -0.800. The van der Waals surface area contributed by atoms with Gasteiger partial charge in [0.15, 0.2) is 5.65 Å². The number of fused-ring (bicyclic) bond motifs is 1. The third kappa shape index (κ3) is 1.88. The molecule has 5 nitrogen and oxygen atoms in total. The lowest BCUT2D eigenvalue weighted by molar-refractivity contribution is -0.141. The largest absolute Gasteiger partial charge is 0.481 e. The second kappa shape index (κ2) is 3.92. The number of aliphatic carboxylic acids is 1. The van der Waals surface area contributed by atoms with E-state index < -0.39 is 11.9 Å². The van der Waals surface area contributed by atoms with Crippen LogP contribution in [0, 0.1) is 12.8 Å². The quantitative estimate of drug-likeness (QED) is 0.844. The molecule has 2 heterocycles. The summed E-state index contributed by atoms with van der Waals surface area (Å²) < 4.78 is 1.68. The third-order valence-corrected chi connectivity index (χ3v) is 2.51. The molecule has 0 radical (unpaired) electrons. The summed E-state index contributed by atoms with van der Waals surface area (Å²) in [5.41, 5.74) is 2.63. The van der Waals surface area contributed by atoms with Crippen molar-refractivity contribution < 1.29 is 9.90 Å². The van der Waals surface area contributed by atoms with Crippen LogP contribution < -0.4 is 0 Å². The summed E-state index contributed by atoms with van der Waals surface area (Å²) in [6, 6.07) is 0. The summed E-state index contributed by atoms with van der Waals surface area (Å²) in [4.78, 5) is 15.0. The summed E-state index contributed by atoms with van der Waals surface area (Å²) >= 11 is 0. The Kier molecular flexibility index (Phi) is 2.60. The van der Waals surface area contributed by atoms with E-state index in [2.05, 4.69) is 10.1 Å². The average Bonchev–Trinajstić information content (AvgIpc) is 2.60. The third-order valence-electron chi connectivity index (χ3n) is 2.51. The van der Waals surface area contributed by atoms with Gasteiger partial charge in [0.25, 0.3) is 0 Å². The van der Waals surface area contributed by atoms with E-state index in [-0.39, 0.29) is 0 Å². The molecule has 16 heavy (non-hydrogen) atoms. The van der Waals surface area contributed by atoms with Crippen LogP contribution in [0.4, 0.5) is 0 Å². The Morgan fingerprint density at radius 3 is 3.00 bits per heavy atom. The zero-order valence-corrected chi connectivity index (χ0v) is 9.21. The maximum atomic E-state index is 10.8. The lowest BCUT2D eigenvalue weighted by Gasteiger charge is -2.03. The highest BCUT2D eigenvalue weighted by Gasteiger charge is 2.15. The maximum Gasteiger partial charge on any atom is 0.306 e. The van der Waals surface area contributed by atoms with E-state index >= 15 is 0 Å². The smallest absolute Gasteiger partial charge is 0.306 e. The molecule has 1 N–H and O–H groups in total. The molecule has 0 spiro atoms.